The first kappa shape index (κ1) is 2.62. The van der Waals surface area contributed by atoms with Crippen LogP contribution in [-0.2, 0) is 9.59 Å². The smallest absolute Gasteiger partial charge is 0.343 e. The van der Waals surface area contributed by atoms with Crippen molar-refractivity contribution < 1.29 is 29.4 Å². The van der Waals surface area contributed by atoms with E-state index in [0.717, 1.165) is 0 Å². The van der Waals surface area contributed by atoms with E-state index in [-0.39, 0.29) is 0 Å². The zero-order valence-corrected chi connectivity index (χ0v) is 4.79. The van der Waals surface area contributed by atoms with E-state index in [4.69, 9.17) is 14.7 Å². The van der Waals surface area contributed by atoms with Crippen LogP contribution in [0.2, 0.25) is 0 Å². The van der Waals surface area contributed by atoms with Gasteiger partial charge in [0.15, 0.2) is 5.78 Å². The van der Waals surface area contributed by atoms with Crippen LogP contribution in [0.5, 0.6) is 0 Å². The van der Waals surface area contributed by atoms with E-state index >= 15 is 0 Å². The van der Waals surface area contributed by atoms with Gasteiger partial charge in [-0.05, 0) is 13.2 Å². The fraction of sp³-hybridized carbons (Fsp3) is 0.667. The molecule has 0 bridgehead atoms. The van der Waals surface area contributed by atoms with Crippen LogP contribution in [0.4, 0.5) is 0 Å². The van der Waals surface area contributed by atoms with Crippen LogP contribution in [-0.4, -0.2) is 27.6 Å². The van der Waals surface area contributed by atoms with E-state index in [1.165, 1.54) is 0 Å². The van der Waals surface area contributed by atoms with Crippen LogP contribution in [0.25, 0.3) is 0 Å². The SMILES string of the molecule is [2H][13CH]([2H])C(=O)C(O)(C(=O)O)C([2H])([2H])C([2H])([2H])[2H]. The Kier molecular flexibility index (Phi) is 0.730. The molecule has 0 spiro atoms. The summed E-state index contributed by atoms with van der Waals surface area (Å²) in [5.41, 5.74) is -3.97. The molecule has 10 heavy (non-hydrogen) atoms. The zero-order chi connectivity index (χ0) is 14.2. The van der Waals surface area contributed by atoms with Crippen LogP contribution < -0.4 is 0 Å². The van der Waals surface area contributed by atoms with E-state index in [0.29, 0.717) is 0 Å². The van der Waals surface area contributed by atoms with Gasteiger partial charge in [0.25, 0.3) is 0 Å². The lowest BCUT2D eigenvalue weighted by molar-refractivity contribution is -0.164. The number of rotatable bonds is 3. The highest BCUT2D eigenvalue weighted by atomic mass is 16.4. The number of aliphatic hydroxyl groups is 1. The average molecular weight is 154 g/mol. The molecule has 0 saturated carbocycles. The Morgan fingerprint density at radius 3 is 2.70 bits per heavy atom. The van der Waals surface area contributed by atoms with Crippen LogP contribution in [0.15, 0.2) is 0 Å². The molecule has 0 aromatic heterocycles. The molecule has 4 nitrogen and oxygen atoms in total. The van der Waals surface area contributed by atoms with Crippen molar-refractivity contribution in [1.82, 2.24) is 0 Å². The molecule has 0 heterocycles. The lowest BCUT2D eigenvalue weighted by atomic mass is 10.00. The highest BCUT2D eigenvalue weighted by Crippen LogP contribution is 2.10. The summed E-state index contributed by atoms with van der Waals surface area (Å²) in [6, 6.07) is 0. The highest BCUT2D eigenvalue weighted by Gasteiger charge is 2.38. The van der Waals surface area contributed by atoms with Gasteiger partial charge in [-0.1, -0.05) is 6.85 Å². The van der Waals surface area contributed by atoms with Gasteiger partial charge in [0, 0.05) is 9.60 Å². The largest absolute Gasteiger partial charge is 0.479 e. The summed E-state index contributed by atoms with van der Waals surface area (Å²) in [5.74, 6) is -4.50. The summed E-state index contributed by atoms with van der Waals surface area (Å²) in [4.78, 5) is 21.9. The predicted octanol–water partition coefficient (Wildman–Crippen LogP) is -0.199. The second kappa shape index (κ2) is 2.79. The number of carbonyl (C=O) groups is 2. The topological polar surface area (TPSA) is 74.6 Å². The van der Waals surface area contributed by atoms with Crippen molar-refractivity contribution >= 4 is 11.8 Å². The van der Waals surface area contributed by atoms with E-state index in [1.54, 1.807) is 0 Å². The molecule has 1 atom stereocenters. The Bertz CT molecular complexity index is 336. The molecule has 0 saturated heterocycles. The Morgan fingerprint density at radius 1 is 1.80 bits per heavy atom. The van der Waals surface area contributed by atoms with Gasteiger partial charge in [0.2, 0.25) is 5.60 Å². The Morgan fingerprint density at radius 2 is 2.40 bits per heavy atom. The second-order valence-electron chi connectivity index (χ2n) is 1.50. The van der Waals surface area contributed by atoms with Crippen molar-refractivity contribution in [3.8, 4) is 0 Å². The van der Waals surface area contributed by atoms with Crippen molar-refractivity contribution in [3.63, 3.8) is 0 Å². The molecule has 0 aliphatic rings. The van der Waals surface area contributed by atoms with Crippen molar-refractivity contribution in [1.29, 1.82) is 0 Å². The number of Topliss-reactive ketones (excluding diaryl/α,β-unsaturated/α-hetero) is 1. The van der Waals surface area contributed by atoms with Crippen LogP contribution in [0.3, 0.4) is 0 Å². The van der Waals surface area contributed by atoms with Gasteiger partial charge in [-0.25, -0.2) is 4.79 Å². The normalized spacial score (nSPS) is 29.2. The van der Waals surface area contributed by atoms with Crippen LogP contribution in [0.1, 0.15) is 29.7 Å². The van der Waals surface area contributed by atoms with Gasteiger partial charge < -0.3 is 10.2 Å². The fourth-order valence-corrected chi connectivity index (χ4v) is 0.220. The standard InChI is InChI=1S/C6H10O4/c1-3-6(10,4(2)7)5(8)9/h10H,3H2,1-2H3,(H,8,9)/i1D3,2+1D2,3D2. The third-order valence-corrected chi connectivity index (χ3v) is 0.847. The number of hydrogen-bond acceptors (Lipinski definition) is 3. The molecule has 58 valence electrons. The molecule has 0 radical (unpaired) electrons. The molecule has 1 unspecified atom stereocenters. The van der Waals surface area contributed by atoms with Gasteiger partial charge in [-0.2, -0.15) is 0 Å². The second-order valence-corrected chi connectivity index (χ2v) is 1.50. The maximum Gasteiger partial charge on any atom is 0.343 e. The molecular formula is C6H10O4. The minimum atomic E-state index is -3.97. The number of hydrogen-bond donors (Lipinski definition) is 2. The molecule has 0 rings (SSSR count). The van der Waals surface area contributed by atoms with E-state index in [9.17, 15) is 14.7 Å². The molecule has 0 aliphatic heterocycles. The minimum Gasteiger partial charge on any atom is -0.479 e. The molecule has 0 amide bonds. The molecular weight excluding hydrogens is 137 g/mol. The van der Waals surface area contributed by atoms with Crippen molar-refractivity contribution in [3.05, 3.63) is 0 Å². The Hall–Kier alpha value is -0.900. The first-order valence-corrected chi connectivity index (χ1v) is 2.14. The average Bonchev–Trinajstić information content (AvgIpc) is 2.12. The zero-order valence-electron chi connectivity index (χ0n) is 11.8. The third kappa shape index (κ3) is 1.33. The van der Waals surface area contributed by atoms with Crippen molar-refractivity contribution in [2.75, 3.05) is 0 Å². The van der Waals surface area contributed by atoms with E-state index < -0.39 is 37.5 Å². The van der Waals surface area contributed by atoms with Crippen molar-refractivity contribution in [2.45, 2.75) is 25.7 Å². The summed E-state index contributed by atoms with van der Waals surface area (Å²) in [6.45, 7) is -6.13. The summed E-state index contributed by atoms with van der Waals surface area (Å²) in [6.07, 6.45) is -3.82. The summed E-state index contributed by atoms with van der Waals surface area (Å²) >= 11 is 0. The first-order chi connectivity index (χ1) is 7.30. The number of ketones is 1. The van der Waals surface area contributed by atoms with E-state index in [2.05, 4.69) is 0 Å². The molecule has 4 heteroatoms. The quantitative estimate of drug-likeness (QED) is 0.436. The van der Waals surface area contributed by atoms with Gasteiger partial charge in [-0.3, -0.25) is 4.79 Å². The fourth-order valence-electron chi connectivity index (χ4n) is 0.220. The highest BCUT2D eigenvalue weighted by molar-refractivity contribution is 6.04. The van der Waals surface area contributed by atoms with Gasteiger partial charge in [0.1, 0.15) is 0 Å². The Labute approximate surface area is 68.3 Å². The molecule has 0 aromatic rings. The molecule has 0 aromatic carbocycles. The lowest BCUT2D eigenvalue weighted by Crippen LogP contribution is -2.44. The molecule has 0 aliphatic carbocycles. The maximum atomic E-state index is 11.2. The lowest BCUT2D eigenvalue weighted by Gasteiger charge is -2.16. The van der Waals surface area contributed by atoms with Gasteiger partial charge in [0.05, 0.1) is 0 Å². The summed E-state index contributed by atoms with van der Waals surface area (Å²) < 4.78 is 47.8. The number of carboxylic acids is 1. The summed E-state index contributed by atoms with van der Waals surface area (Å²) in [5, 5.41) is 18.1. The molecule has 2 N–H and O–H groups in total. The third-order valence-electron chi connectivity index (χ3n) is 0.847. The maximum absolute atomic E-state index is 11.2. The Balaban J connectivity index is 5.85. The van der Waals surface area contributed by atoms with Crippen LogP contribution >= 0.6 is 0 Å². The number of carboxylic acid groups (broad SMARTS) is 1. The summed E-state index contributed by atoms with van der Waals surface area (Å²) in [7, 11) is 0. The first-order valence-electron chi connectivity index (χ1n) is 5.80. The number of aliphatic carboxylic acids is 1. The van der Waals surface area contributed by atoms with E-state index in [1.807, 2.05) is 0 Å². The van der Waals surface area contributed by atoms with Gasteiger partial charge >= 0.3 is 5.97 Å². The monoisotopic (exact) mass is 154 g/mol. The van der Waals surface area contributed by atoms with Crippen LogP contribution in [0, 0.1) is 0 Å². The number of carbonyl (C=O) groups excluding carboxylic acids is 1. The molecule has 0 fully saturated rings. The predicted molar refractivity (Wildman–Crippen MR) is 33.6 cm³/mol. The van der Waals surface area contributed by atoms with Gasteiger partial charge in [-0.15, -0.1) is 0 Å². The minimum absolute atomic E-state index is 2.05. The van der Waals surface area contributed by atoms with Crippen molar-refractivity contribution in [2.24, 2.45) is 0 Å².